The number of hydrogen-bond donors (Lipinski definition) is 0. The molecular formula is C32H60O2. The third-order valence-corrected chi connectivity index (χ3v) is 9.99. The zero-order valence-electron chi connectivity index (χ0n) is 24.3. The maximum Gasteiger partial charge on any atom is 0.0631 e. The predicted molar refractivity (Wildman–Crippen MR) is 146 cm³/mol. The minimum atomic E-state index is 0.0106. The van der Waals surface area contributed by atoms with Gasteiger partial charge in [0.2, 0.25) is 0 Å². The number of rotatable bonds is 16. The van der Waals surface area contributed by atoms with Crippen molar-refractivity contribution in [2.45, 2.75) is 162 Å². The average Bonchev–Trinajstić information content (AvgIpc) is 3.28. The van der Waals surface area contributed by atoms with Gasteiger partial charge in [-0.2, -0.15) is 0 Å². The van der Waals surface area contributed by atoms with E-state index in [4.69, 9.17) is 9.47 Å². The summed E-state index contributed by atoms with van der Waals surface area (Å²) in [6, 6.07) is 0. The van der Waals surface area contributed by atoms with Crippen molar-refractivity contribution in [1.82, 2.24) is 0 Å². The van der Waals surface area contributed by atoms with Crippen molar-refractivity contribution >= 4 is 0 Å². The van der Waals surface area contributed by atoms with Crippen LogP contribution < -0.4 is 0 Å². The fourth-order valence-electron chi connectivity index (χ4n) is 8.87. The fourth-order valence-corrected chi connectivity index (χ4v) is 8.87. The molecule has 2 bridgehead atoms. The Labute approximate surface area is 213 Å². The molecule has 0 spiro atoms. The molecule has 5 unspecified atom stereocenters. The Morgan fingerprint density at radius 1 is 0.706 bits per heavy atom. The molecule has 0 aromatic heterocycles. The van der Waals surface area contributed by atoms with Gasteiger partial charge in [0.15, 0.2) is 0 Å². The van der Waals surface area contributed by atoms with Crippen LogP contribution in [0.5, 0.6) is 0 Å². The first-order chi connectivity index (χ1) is 16.0. The van der Waals surface area contributed by atoms with Gasteiger partial charge in [-0.05, 0) is 120 Å². The van der Waals surface area contributed by atoms with Gasteiger partial charge in [0.1, 0.15) is 0 Å². The lowest BCUT2D eigenvalue weighted by atomic mass is 9.55. The molecule has 34 heavy (non-hydrogen) atoms. The Morgan fingerprint density at radius 3 is 1.88 bits per heavy atom. The van der Waals surface area contributed by atoms with Gasteiger partial charge in [-0.3, -0.25) is 0 Å². The molecule has 0 aliphatic heterocycles. The van der Waals surface area contributed by atoms with Crippen LogP contribution in [0.25, 0.3) is 0 Å². The van der Waals surface area contributed by atoms with Crippen molar-refractivity contribution in [1.29, 1.82) is 0 Å². The Bertz CT molecular complexity index is 610. The second-order valence-corrected chi connectivity index (χ2v) is 14.4. The van der Waals surface area contributed by atoms with Crippen LogP contribution in [0.3, 0.4) is 0 Å². The number of ether oxygens (including phenoxy) is 2. The first kappa shape index (κ1) is 28.5. The third kappa shape index (κ3) is 7.47. The van der Waals surface area contributed by atoms with Crippen molar-refractivity contribution in [2.75, 3.05) is 13.2 Å². The van der Waals surface area contributed by atoms with Crippen LogP contribution in [0.4, 0.5) is 0 Å². The number of unbranched alkanes of at least 4 members (excludes halogenated alkanes) is 6. The van der Waals surface area contributed by atoms with Gasteiger partial charge in [0.25, 0.3) is 0 Å². The minimum Gasteiger partial charge on any atom is -0.376 e. The monoisotopic (exact) mass is 476 g/mol. The van der Waals surface area contributed by atoms with Crippen molar-refractivity contribution in [3.05, 3.63) is 0 Å². The molecule has 0 radical (unpaired) electrons. The molecule has 0 N–H and O–H groups in total. The Hall–Kier alpha value is -0.0800. The summed E-state index contributed by atoms with van der Waals surface area (Å²) >= 11 is 0. The molecule has 0 aromatic carbocycles. The van der Waals surface area contributed by atoms with Gasteiger partial charge < -0.3 is 9.47 Å². The van der Waals surface area contributed by atoms with Crippen molar-refractivity contribution in [3.63, 3.8) is 0 Å². The van der Waals surface area contributed by atoms with Gasteiger partial charge in [-0.15, -0.1) is 0 Å². The molecule has 0 aromatic rings. The van der Waals surface area contributed by atoms with E-state index in [-0.39, 0.29) is 11.2 Å². The topological polar surface area (TPSA) is 18.5 Å². The van der Waals surface area contributed by atoms with Crippen LogP contribution in [-0.2, 0) is 9.47 Å². The van der Waals surface area contributed by atoms with Crippen molar-refractivity contribution in [2.24, 2.45) is 28.6 Å². The zero-order valence-corrected chi connectivity index (χ0v) is 24.3. The molecular weight excluding hydrogens is 416 g/mol. The highest BCUT2D eigenvalue weighted by molar-refractivity contribution is 5.11. The largest absolute Gasteiger partial charge is 0.376 e. The van der Waals surface area contributed by atoms with Crippen LogP contribution in [0.1, 0.15) is 151 Å². The van der Waals surface area contributed by atoms with E-state index in [0.717, 1.165) is 31.0 Å². The molecule has 0 saturated heterocycles. The lowest BCUT2D eigenvalue weighted by Gasteiger charge is -2.51. The van der Waals surface area contributed by atoms with E-state index >= 15 is 0 Å². The van der Waals surface area contributed by atoms with Gasteiger partial charge in [-0.25, -0.2) is 0 Å². The van der Waals surface area contributed by atoms with E-state index in [0.29, 0.717) is 10.8 Å². The van der Waals surface area contributed by atoms with Crippen molar-refractivity contribution < 1.29 is 9.47 Å². The van der Waals surface area contributed by atoms with Gasteiger partial charge >= 0.3 is 0 Å². The van der Waals surface area contributed by atoms with E-state index in [1.807, 2.05) is 0 Å². The molecule has 2 nitrogen and oxygen atoms in total. The Kier molecular flexibility index (Phi) is 10.0. The summed E-state index contributed by atoms with van der Waals surface area (Å²) in [5, 5.41) is 0. The van der Waals surface area contributed by atoms with E-state index in [1.165, 1.54) is 103 Å². The van der Waals surface area contributed by atoms with Crippen LogP contribution in [0.15, 0.2) is 0 Å². The standard InChI is InChI=1S/C32H60O2/c1-8-10-12-14-20-33-29(3,4)24-31(7)18-17-28-27(23-31)26-16-19-32(28,22-26)25-30(5,6)34-21-15-13-11-9-2/h26-28H,8-25H2,1-7H3. The molecule has 3 aliphatic carbocycles. The molecule has 3 fully saturated rings. The number of fused-ring (bicyclic) bond motifs is 5. The second kappa shape index (κ2) is 12.0. The number of hydrogen-bond acceptors (Lipinski definition) is 2. The van der Waals surface area contributed by atoms with Crippen LogP contribution in [0.2, 0.25) is 0 Å². The maximum absolute atomic E-state index is 6.52. The fraction of sp³-hybridized carbons (Fsp3) is 1.00. The summed E-state index contributed by atoms with van der Waals surface area (Å²) in [5.41, 5.74) is 1.06. The normalized spacial score (nSPS) is 33.4. The summed E-state index contributed by atoms with van der Waals surface area (Å²) in [6.45, 7) is 18.5. The minimum absolute atomic E-state index is 0.0106. The lowest BCUT2D eigenvalue weighted by molar-refractivity contribution is -0.0888. The molecule has 0 amide bonds. The highest BCUT2D eigenvalue weighted by atomic mass is 16.5. The predicted octanol–water partition coefficient (Wildman–Crippen LogP) is 9.74. The first-order valence-corrected chi connectivity index (χ1v) is 15.3. The Balaban J connectivity index is 1.53. The molecule has 200 valence electrons. The summed E-state index contributed by atoms with van der Waals surface area (Å²) in [4.78, 5) is 0. The first-order valence-electron chi connectivity index (χ1n) is 15.3. The maximum atomic E-state index is 6.52. The average molecular weight is 477 g/mol. The molecule has 3 rings (SSSR count). The molecule has 5 atom stereocenters. The Morgan fingerprint density at radius 2 is 1.29 bits per heavy atom. The molecule has 3 saturated carbocycles. The molecule has 0 heterocycles. The van der Waals surface area contributed by atoms with Crippen molar-refractivity contribution in [3.8, 4) is 0 Å². The summed E-state index contributed by atoms with van der Waals surface area (Å²) in [7, 11) is 0. The second-order valence-electron chi connectivity index (χ2n) is 14.4. The highest BCUT2D eigenvalue weighted by Crippen LogP contribution is 2.69. The highest BCUT2D eigenvalue weighted by Gasteiger charge is 2.61. The summed E-state index contributed by atoms with van der Waals surface area (Å²) in [6.07, 6.45) is 21.6. The van der Waals surface area contributed by atoms with Crippen LogP contribution in [-0.4, -0.2) is 24.4 Å². The van der Waals surface area contributed by atoms with Crippen LogP contribution >= 0.6 is 0 Å². The molecule has 3 aliphatic rings. The van der Waals surface area contributed by atoms with Gasteiger partial charge in [0, 0.05) is 13.2 Å². The third-order valence-electron chi connectivity index (χ3n) is 9.99. The zero-order chi connectivity index (χ0) is 24.9. The van der Waals surface area contributed by atoms with E-state index in [1.54, 1.807) is 0 Å². The van der Waals surface area contributed by atoms with Gasteiger partial charge in [0.05, 0.1) is 11.2 Å². The SMILES string of the molecule is CCCCCCOC(C)(C)CC1(C)CCC2C(C1)C1CCC2(CC(C)(C)OCCCCCC)C1. The van der Waals surface area contributed by atoms with Crippen LogP contribution in [0, 0.1) is 28.6 Å². The summed E-state index contributed by atoms with van der Waals surface area (Å²) < 4.78 is 13.0. The van der Waals surface area contributed by atoms with Gasteiger partial charge in [-0.1, -0.05) is 59.3 Å². The smallest absolute Gasteiger partial charge is 0.0631 e. The van der Waals surface area contributed by atoms with E-state index in [2.05, 4.69) is 48.5 Å². The van der Waals surface area contributed by atoms with E-state index < -0.39 is 0 Å². The lowest BCUT2D eigenvalue weighted by Crippen LogP contribution is -2.44. The quantitative estimate of drug-likeness (QED) is 0.206. The summed E-state index contributed by atoms with van der Waals surface area (Å²) in [5.74, 6) is 2.87. The molecule has 2 heteroatoms. The van der Waals surface area contributed by atoms with E-state index in [9.17, 15) is 0 Å².